The van der Waals surface area contributed by atoms with Gasteiger partial charge in [-0.3, -0.25) is 4.79 Å². The Morgan fingerprint density at radius 3 is 2.19 bits per heavy atom. The molecule has 0 bridgehead atoms. The average molecular weight is 430 g/mol. The van der Waals surface area contributed by atoms with E-state index in [0.717, 1.165) is 37.5 Å². The zero-order chi connectivity index (χ0) is 20.0. The smallest absolute Gasteiger partial charge is 0.223 e. The van der Waals surface area contributed by atoms with E-state index in [1.807, 2.05) is 0 Å². The van der Waals surface area contributed by atoms with Gasteiger partial charge in [-0.15, -0.1) is 0 Å². The molecule has 0 radical (unpaired) electrons. The average Bonchev–Trinajstić information content (AvgIpc) is 2.56. The predicted octanol–water partition coefficient (Wildman–Crippen LogP) is 0.744. The molecule has 1 aromatic carbocycles. The van der Waals surface area contributed by atoms with Crippen molar-refractivity contribution in [3.63, 3.8) is 0 Å². The number of anilines is 1. The maximum absolute atomic E-state index is 11.1. The third-order valence-corrected chi connectivity index (χ3v) is 6.63. The van der Waals surface area contributed by atoms with Gasteiger partial charge >= 0.3 is 88.1 Å². The van der Waals surface area contributed by atoms with Gasteiger partial charge in [0.05, 0.1) is 0 Å². The second-order valence-corrected chi connectivity index (χ2v) is 9.85. The van der Waals surface area contributed by atoms with Gasteiger partial charge in [-0.05, 0) is 19.3 Å². The molecular weight excluding hydrogens is 403 g/mol. The van der Waals surface area contributed by atoms with Crippen LogP contribution in [0, 0.1) is 5.41 Å². The van der Waals surface area contributed by atoms with Crippen molar-refractivity contribution in [2.45, 2.75) is 52.4 Å². The van der Waals surface area contributed by atoms with Crippen LogP contribution in [0.2, 0.25) is 0 Å². The summed E-state index contributed by atoms with van der Waals surface area (Å²) in [6, 6.07) is 3.32. The van der Waals surface area contributed by atoms with Crippen LogP contribution in [-0.2, 0) is 13.3 Å². The Bertz CT molecular complexity index is 694. The van der Waals surface area contributed by atoms with Gasteiger partial charge in [0.2, 0.25) is 5.91 Å². The topological polar surface area (TPSA) is 150 Å². The number of phenolic OH excluding ortho intramolecular Hbond substituents is 1. The summed E-state index contributed by atoms with van der Waals surface area (Å²) in [6.45, 7) is 3.30. The summed E-state index contributed by atoms with van der Waals surface area (Å²) in [6.07, 6.45) is 6.57. The SMILES string of the molecule is CC(=O)Nc1cc([As](=O)(O)O)ccc1O.CCC1(C(N)=O)CCCCC1. The van der Waals surface area contributed by atoms with E-state index in [1.165, 1.54) is 26.2 Å². The molecule has 8 nitrogen and oxygen atoms in total. The maximum Gasteiger partial charge on any atom is 0.223 e. The Morgan fingerprint density at radius 2 is 1.81 bits per heavy atom. The minimum atomic E-state index is -4.98. The van der Waals surface area contributed by atoms with E-state index in [-0.39, 0.29) is 27.1 Å². The first-order valence-corrected chi connectivity index (χ1v) is 11.9. The zero-order valence-corrected chi connectivity index (χ0v) is 16.9. The Kier molecular flexibility index (Phi) is 7.93. The van der Waals surface area contributed by atoms with Gasteiger partial charge in [-0.25, -0.2) is 0 Å². The van der Waals surface area contributed by atoms with Crippen LogP contribution in [0.3, 0.4) is 0 Å². The molecule has 2 rings (SSSR count). The molecule has 1 aliphatic rings. The second kappa shape index (κ2) is 9.26. The minimum Gasteiger partial charge on any atom is -0.369 e. The van der Waals surface area contributed by atoms with E-state index in [4.69, 9.17) is 13.9 Å². The Hall–Kier alpha value is -1.76. The molecule has 0 aromatic heterocycles. The largest absolute Gasteiger partial charge is 0.369 e. The van der Waals surface area contributed by atoms with Crippen molar-refractivity contribution >= 4 is 36.0 Å². The van der Waals surface area contributed by atoms with Gasteiger partial charge in [0.1, 0.15) is 0 Å². The summed E-state index contributed by atoms with van der Waals surface area (Å²) in [5.74, 6) is -0.752. The van der Waals surface area contributed by atoms with Crippen LogP contribution in [0.15, 0.2) is 18.2 Å². The van der Waals surface area contributed by atoms with E-state index in [0.29, 0.717) is 0 Å². The van der Waals surface area contributed by atoms with Crippen LogP contribution in [0.5, 0.6) is 5.75 Å². The molecule has 0 aliphatic heterocycles. The van der Waals surface area contributed by atoms with Gasteiger partial charge in [-0.2, -0.15) is 0 Å². The minimum absolute atomic E-state index is 0.00951. The number of carbonyl (C=O) groups excluding carboxylic acids is 2. The number of phenols is 1. The van der Waals surface area contributed by atoms with Crippen molar-refractivity contribution in [2.24, 2.45) is 11.1 Å². The van der Waals surface area contributed by atoms with E-state index < -0.39 is 20.1 Å². The van der Waals surface area contributed by atoms with Crippen molar-refractivity contribution in [3.8, 4) is 5.75 Å². The number of hydrogen-bond donors (Lipinski definition) is 5. The molecule has 1 aromatic rings. The van der Waals surface area contributed by atoms with Crippen LogP contribution in [0.1, 0.15) is 52.4 Å². The van der Waals surface area contributed by atoms with Crippen LogP contribution in [0.25, 0.3) is 0 Å². The number of carbonyl (C=O) groups is 2. The first-order valence-electron chi connectivity index (χ1n) is 8.48. The fraction of sp³-hybridized carbons (Fsp3) is 0.529. The molecule has 1 saturated carbocycles. The molecule has 6 N–H and O–H groups in total. The third kappa shape index (κ3) is 6.20. The summed E-state index contributed by atoms with van der Waals surface area (Å²) < 4.78 is 28.6. The maximum atomic E-state index is 11.1. The Labute approximate surface area is 155 Å². The van der Waals surface area contributed by atoms with Gasteiger partial charge in [0.25, 0.3) is 0 Å². The van der Waals surface area contributed by atoms with Crippen LogP contribution in [0.4, 0.5) is 5.69 Å². The van der Waals surface area contributed by atoms with Crippen molar-refractivity contribution in [1.82, 2.24) is 0 Å². The first-order chi connectivity index (χ1) is 12.0. The number of primary amides is 1. The summed E-state index contributed by atoms with van der Waals surface area (Å²) in [5, 5.41) is 11.6. The molecular formula is C17H27AsN2O6. The molecule has 1 aliphatic carbocycles. The fourth-order valence-electron chi connectivity index (χ4n) is 3.00. The van der Waals surface area contributed by atoms with Gasteiger partial charge < -0.3 is 5.73 Å². The summed E-state index contributed by atoms with van der Waals surface area (Å²) in [5.41, 5.74) is 5.22. The van der Waals surface area contributed by atoms with Crippen molar-refractivity contribution in [3.05, 3.63) is 18.2 Å². The summed E-state index contributed by atoms with van der Waals surface area (Å²) >= 11 is -4.98. The Balaban J connectivity index is 0.000000273. The zero-order valence-electron chi connectivity index (χ0n) is 15.1. The van der Waals surface area contributed by atoms with Crippen molar-refractivity contribution < 1.29 is 26.6 Å². The van der Waals surface area contributed by atoms with E-state index in [2.05, 4.69) is 12.2 Å². The molecule has 1 fully saturated rings. The molecule has 26 heavy (non-hydrogen) atoms. The van der Waals surface area contributed by atoms with Crippen LogP contribution < -0.4 is 15.4 Å². The van der Waals surface area contributed by atoms with Gasteiger partial charge in [-0.1, -0.05) is 26.2 Å². The molecule has 0 spiro atoms. The summed E-state index contributed by atoms with van der Waals surface area (Å²) in [7, 11) is 0. The van der Waals surface area contributed by atoms with E-state index in [9.17, 15) is 18.4 Å². The quantitative estimate of drug-likeness (QED) is 0.351. The molecule has 146 valence electrons. The molecule has 0 atom stereocenters. The predicted molar refractivity (Wildman–Crippen MR) is 97.9 cm³/mol. The standard InChI is InChI=1S/C9H17NO.C8H10AsNO5/c1-2-9(8(10)11)6-4-3-5-7-9;1-5(11)10-7-4-6(9(13,14)15)2-3-8(7)12/h2-7H2,1H3,(H2,10,11);2-4,12H,1H3,(H,10,11)(H2,13,14,15). The van der Waals surface area contributed by atoms with Crippen LogP contribution >= 0.6 is 0 Å². The number of aromatic hydroxyl groups is 1. The fourth-order valence-corrected chi connectivity index (χ4v) is 4.19. The Morgan fingerprint density at radius 1 is 1.23 bits per heavy atom. The number of amides is 2. The number of nitrogens with one attached hydrogen (secondary N) is 1. The normalized spacial score (nSPS) is 16.2. The third-order valence-electron chi connectivity index (χ3n) is 4.64. The van der Waals surface area contributed by atoms with Gasteiger partial charge in [0, 0.05) is 5.41 Å². The number of hydrogen-bond acceptors (Lipinski definition) is 4. The first kappa shape index (κ1) is 22.3. The number of nitrogens with two attached hydrogens (primary N) is 1. The van der Waals surface area contributed by atoms with Crippen molar-refractivity contribution in [2.75, 3.05) is 5.32 Å². The molecule has 0 saturated heterocycles. The second-order valence-electron chi connectivity index (χ2n) is 6.49. The molecule has 2 amide bonds. The summed E-state index contributed by atoms with van der Waals surface area (Å²) in [4.78, 5) is 21.8. The molecule has 0 heterocycles. The molecule has 0 unspecified atom stereocenters. The van der Waals surface area contributed by atoms with E-state index in [1.54, 1.807) is 0 Å². The van der Waals surface area contributed by atoms with Crippen molar-refractivity contribution in [1.29, 1.82) is 0 Å². The van der Waals surface area contributed by atoms with Crippen LogP contribution in [-0.4, -0.2) is 39.3 Å². The monoisotopic (exact) mass is 430 g/mol. The van der Waals surface area contributed by atoms with Gasteiger partial charge in [0.15, 0.2) is 0 Å². The number of rotatable bonds is 4. The van der Waals surface area contributed by atoms with E-state index >= 15 is 0 Å². The molecule has 9 heteroatoms. The number of benzene rings is 1.